The Kier molecular flexibility index (Phi) is 2.64. The van der Waals surface area contributed by atoms with E-state index in [1.165, 1.54) is 0 Å². The van der Waals surface area contributed by atoms with Crippen LogP contribution in [-0.4, -0.2) is 12.1 Å². The van der Waals surface area contributed by atoms with Crippen LogP contribution in [0.5, 0.6) is 5.75 Å². The third-order valence-electron chi connectivity index (χ3n) is 2.73. The van der Waals surface area contributed by atoms with Gasteiger partial charge in [0, 0.05) is 17.3 Å². The van der Waals surface area contributed by atoms with E-state index in [1.807, 2.05) is 42.5 Å². The number of ether oxygens (including phenoxy) is 1. The molecule has 1 aromatic heterocycles. The third kappa shape index (κ3) is 1.91. The van der Waals surface area contributed by atoms with E-state index in [0.717, 1.165) is 32.2 Å². The lowest BCUT2D eigenvalue weighted by molar-refractivity contribution is 0.415. The second-order valence-electron chi connectivity index (χ2n) is 3.98. The number of hydrogen-bond donors (Lipinski definition) is 1. The minimum Gasteiger partial charge on any atom is -0.497 e. The van der Waals surface area contributed by atoms with Crippen LogP contribution in [0.1, 0.15) is 0 Å². The molecule has 3 aromatic rings. The van der Waals surface area contributed by atoms with Gasteiger partial charge in [-0.15, -0.1) is 11.3 Å². The maximum Gasteiger partial charge on any atom is 0.124 e. The molecule has 0 aliphatic rings. The summed E-state index contributed by atoms with van der Waals surface area (Å²) in [6.07, 6.45) is 0. The highest BCUT2D eigenvalue weighted by Gasteiger charge is 2.07. The van der Waals surface area contributed by atoms with Gasteiger partial charge in [-0.1, -0.05) is 12.1 Å². The SMILES string of the molecule is COc1ccc2sc(-c3cccc(N)c3)nc2c1. The van der Waals surface area contributed by atoms with Gasteiger partial charge in [0.15, 0.2) is 0 Å². The van der Waals surface area contributed by atoms with Crippen molar-refractivity contribution >= 4 is 27.2 Å². The van der Waals surface area contributed by atoms with Crippen molar-refractivity contribution in [2.24, 2.45) is 0 Å². The Labute approximate surface area is 109 Å². The monoisotopic (exact) mass is 256 g/mol. The number of fused-ring (bicyclic) bond motifs is 1. The lowest BCUT2D eigenvalue weighted by Crippen LogP contribution is -1.84. The van der Waals surface area contributed by atoms with Crippen molar-refractivity contribution in [3.05, 3.63) is 42.5 Å². The highest BCUT2D eigenvalue weighted by molar-refractivity contribution is 7.21. The Bertz CT molecular complexity index is 706. The largest absolute Gasteiger partial charge is 0.497 e. The Morgan fingerprint density at radius 3 is 2.83 bits per heavy atom. The fraction of sp³-hybridized carbons (Fsp3) is 0.0714. The number of nitrogens with two attached hydrogens (primary N) is 1. The number of anilines is 1. The van der Waals surface area contributed by atoms with E-state index in [2.05, 4.69) is 4.98 Å². The number of hydrogen-bond acceptors (Lipinski definition) is 4. The summed E-state index contributed by atoms with van der Waals surface area (Å²) in [4.78, 5) is 4.62. The summed E-state index contributed by atoms with van der Waals surface area (Å²) in [6.45, 7) is 0. The molecule has 2 aromatic carbocycles. The van der Waals surface area contributed by atoms with Gasteiger partial charge in [-0.05, 0) is 24.3 Å². The first-order valence-electron chi connectivity index (χ1n) is 5.57. The van der Waals surface area contributed by atoms with Crippen LogP contribution in [0.4, 0.5) is 5.69 Å². The van der Waals surface area contributed by atoms with Gasteiger partial charge >= 0.3 is 0 Å². The van der Waals surface area contributed by atoms with Gasteiger partial charge < -0.3 is 10.5 Å². The zero-order chi connectivity index (χ0) is 12.5. The molecule has 0 aliphatic carbocycles. The molecule has 0 fully saturated rings. The predicted octanol–water partition coefficient (Wildman–Crippen LogP) is 3.55. The maximum atomic E-state index is 5.79. The number of thiazole rings is 1. The van der Waals surface area contributed by atoms with E-state index >= 15 is 0 Å². The van der Waals surface area contributed by atoms with E-state index in [0.29, 0.717) is 0 Å². The van der Waals surface area contributed by atoms with Crippen LogP contribution in [0.3, 0.4) is 0 Å². The first kappa shape index (κ1) is 11.0. The zero-order valence-electron chi connectivity index (χ0n) is 9.88. The van der Waals surface area contributed by atoms with Crippen LogP contribution in [-0.2, 0) is 0 Å². The molecule has 0 saturated heterocycles. The molecular weight excluding hydrogens is 244 g/mol. The van der Waals surface area contributed by atoms with Gasteiger partial charge in [-0.25, -0.2) is 4.98 Å². The Balaban J connectivity index is 2.13. The lowest BCUT2D eigenvalue weighted by atomic mass is 10.2. The van der Waals surface area contributed by atoms with Crippen LogP contribution < -0.4 is 10.5 Å². The van der Waals surface area contributed by atoms with Crippen molar-refractivity contribution in [1.82, 2.24) is 4.98 Å². The molecule has 0 amide bonds. The molecule has 0 bridgehead atoms. The molecule has 1 heterocycles. The molecule has 0 saturated carbocycles. The highest BCUT2D eigenvalue weighted by Crippen LogP contribution is 2.32. The van der Waals surface area contributed by atoms with E-state index in [-0.39, 0.29) is 0 Å². The highest BCUT2D eigenvalue weighted by atomic mass is 32.1. The summed E-state index contributed by atoms with van der Waals surface area (Å²) in [6, 6.07) is 13.7. The van der Waals surface area contributed by atoms with Gasteiger partial charge in [0.25, 0.3) is 0 Å². The summed E-state index contributed by atoms with van der Waals surface area (Å²) in [5, 5.41) is 0.977. The lowest BCUT2D eigenvalue weighted by Gasteiger charge is -1.97. The number of methoxy groups -OCH3 is 1. The van der Waals surface area contributed by atoms with Crippen LogP contribution in [0.2, 0.25) is 0 Å². The maximum absolute atomic E-state index is 5.79. The molecule has 3 rings (SSSR count). The molecule has 2 N–H and O–H groups in total. The normalized spacial score (nSPS) is 10.7. The number of nitrogens with zero attached hydrogens (tertiary/aromatic N) is 1. The molecule has 0 radical (unpaired) electrons. The quantitative estimate of drug-likeness (QED) is 0.713. The predicted molar refractivity (Wildman–Crippen MR) is 76.0 cm³/mol. The van der Waals surface area contributed by atoms with Gasteiger partial charge in [0.05, 0.1) is 17.3 Å². The van der Waals surface area contributed by atoms with E-state index in [1.54, 1.807) is 18.4 Å². The Morgan fingerprint density at radius 1 is 1.17 bits per heavy atom. The van der Waals surface area contributed by atoms with Gasteiger partial charge in [0.1, 0.15) is 10.8 Å². The Hall–Kier alpha value is -2.07. The van der Waals surface area contributed by atoms with E-state index in [9.17, 15) is 0 Å². The molecule has 3 nitrogen and oxygen atoms in total. The van der Waals surface area contributed by atoms with Crippen LogP contribution in [0.15, 0.2) is 42.5 Å². The first-order valence-corrected chi connectivity index (χ1v) is 6.38. The van der Waals surface area contributed by atoms with Crippen molar-refractivity contribution < 1.29 is 4.74 Å². The smallest absolute Gasteiger partial charge is 0.124 e. The average Bonchev–Trinajstić information content (AvgIpc) is 2.81. The van der Waals surface area contributed by atoms with Crippen molar-refractivity contribution in [2.75, 3.05) is 12.8 Å². The molecule has 0 aliphatic heterocycles. The summed E-state index contributed by atoms with van der Waals surface area (Å²) < 4.78 is 6.35. The van der Waals surface area contributed by atoms with E-state index in [4.69, 9.17) is 10.5 Å². The van der Waals surface area contributed by atoms with Crippen molar-refractivity contribution in [1.29, 1.82) is 0 Å². The fourth-order valence-corrected chi connectivity index (χ4v) is 2.77. The second kappa shape index (κ2) is 4.31. The molecule has 0 unspecified atom stereocenters. The second-order valence-corrected chi connectivity index (χ2v) is 5.01. The van der Waals surface area contributed by atoms with Crippen LogP contribution in [0.25, 0.3) is 20.8 Å². The summed E-state index contributed by atoms with van der Waals surface area (Å²) in [7, 11) is 1.66. The number of benzene rings is 2. The average molecular weight is 256 g/mol. The van der Waals surface area contributed by atoms with E-state index < -0.39 is 0 Å². The molecule has 0 atom stereocenters. The van der Waals surface area contributed by atoms with Crippen molar-refractivity contribution in [3.8, 4) is 16.3 Å². The third-order valence-corrected chi connectivity index (χ3v) is 3.81. The molecule has 90 valence electrons. The molecule has 0 spiro atoms. The van der Waals surface area contributed by atoms with Gasteiger partial charge in [-0.3, -0.25) is 0 Å². The first-order chi connectivity index (χ1) is 8.76. The molecular formula is C14H12N2OS. The minimum atomic E-state index is 0.754. The molecule has 4 heteroatoms. The summed E-state index contributed by atoms with van der Waals surface area (Å²) >= 11 is 1.66. The van der Waals surface area contributed by atoms with Crippen molar-refractivity contribution in [2.45, 2.75) is 0 Å². The van der Waals surface area contributed by atoms with Crippen LogP contribution in [0, 0.1) is 0 Å². The summed E-state index contributed by atoms with van der Waals surface area (Å²) in [5.41, 5.74) is 8.55. The summed E-state index contributed by atoms with van der Waals surface area (Å²) in [5.74, 6) is 0.826. The number of nitrogen functional groups attached to an aromatic ring is 1. The van der Waals surface area contributed by atoms with Crippen LogP contribution >= 0.6 is 11.3 Å². The number of aromatic nitrogens is 1. The van der Waals surface area contributed by atoms with Gasteiger partial charge in [-0.2, -0.15) is 0 Å². The topological polar surface area (TPSA) is 48.1 Å². The zero-order valence-corrected chi connectivity index (χ0v) is 10.7. The molecule has 18 heavy (non-hydrogen) atoms. The van der Waals surface area contributed by atoms with Crippen molar-refractivity contribution in [3.63, 3.8) is 0 Å². The fourth-order valence-electron chi connectivity index (χ4n) is 1.83. The standard InChI is InChI=1S/C14H12N2OS/c1-17-11-5-6-13-12(8-11)16-14(18-13)9-3-2-4-10(15)7-9/h2-8H,15H2,1H3. The number of rotatable bonds is 2. The Morgan fingerprint density at radius 2 is 2.06 bits per heavy atom. The van der Waals surface area contributed by atoms with Gasteiger partial charge in [0.2, 0.25) is 0 Å². The minimum absolute atomic E-state index is 0.754.